The largest absolute Gasteiger partial charge is 0.417 e. The molecule has 4 nitrogen and oxygen atoms in total. The summed E-state index contributed by atoms with van der Waals surface area (Å²) in [5.74, 6) is 0.0382. The fraction of sp³-hybridized carbons (Fsp3) is 0.231. The predicted molar refractivity (Wildman–Crippen MR) is 70.0 cm³/mol. The molecule has 0 amide bonds. The molecule has 2 aromatic rings. The lowest BCUT2D eigenvalue weighted by Gasteiger charge is -2.11. The molecule has 106 valence electrons. The monoisotopic (exact) mass is 282 g/mol. The van der Waals surface area contributed by atoms with Crippen LogP contribution in [0.1, 0.15) is 5.56 Å². The van der Waals surface area contributed by atoms with Crippen LogP contribution >= 0.6 is 0 Å². The highest BCUT2D eigenvalue weighted by Crippen LogP contribution is 2.35. The molecule has 0 atom stereocenters. The van der Waals surface area contributed by atoms with Crippen LogP contribution < -0.4 is 11.1 Å². The zero-order chi connectivity index (χ0) is 14.6. The van der Waals surface area contributed by atoms with Gasteiger partial charge in [0.15, 0.2) is 5.82 Å². The molecule has 20 heavy (non-hydrogen) atoms. The molecule has 0 unspecified atom stereocenters. The SMILES string of the molecule is NCCNc1cnc(-c2ccccc2C(F)(F)F)nc1. The number of hydrogen-bond acceptors (Lipinski definition) is 4. The molecule has 1 heterocycles. The maximum Gasteiger partial charge on any atom is 0.417 e. The van der Waals surface area contributed by atoms with Crippen LogP contribution in [0.2, 0.25) is 0 Å². The molecular formula is C13H13F3N4. The smallest absolute Gasteiger partial charge is 0.381 e. The summed E-state index contributed by atoms with van der Waals surface area (Å²) >= 11 is 0. The number of halogens is 3. The van der Waals surface area contributed by atoms with Crippen LogP contribution in [0.15, 0.2) is 36.7 Å². The number of aromatic nitrogens is 2. The molecule has 0 saturated carbocycles. The predicted octanol–water partition coefficient (Wildman–Crippen LogP) is 2.53. The maximum atomic E-state index is 12.9. The van der Waals surface area contributed by atoms with Crippen molar-refractivity contribution < 1.29 is 13.2 Å². The van der Waals surface area contributed by atoms with Crippen LogP contribution in [0.4, 0.5) is 18.9 Å². The summed E-state index contributed by atoms with van der Waals surface area (Å²) in [4.78, 5) is 7.92. The topological polar surface area (TPSA) is 63.8 Å². The van der Waals surface area contributed by atoms with Crippen molar-refractivity contribution in [1.82, 2.24) is 9.97 Å². The van der Waals surface area contributed by atoms with Crippen molar-refractivity contribution in [3.05, 3.63) is 42.2 Å². The van der Waals surface area contributed by atoms with Gasteiger partial charge in [0.2, 0.25) is 0 Å². The van der Waals surface area contributed by atoms with Gasteiger partial charge in [0, 0.05) is 18.7 Å². The second-order valence-electron chi connectivity index (χ2n) is 4.05. The van der Waals surface area contributed by atoms with Gasteiger partial charge in [-0.05, 0) is 6.07 Å². The lowest BCUT2D eigenvalue weighted by atomic mass is 10.1. The lowest BCUT2D eigenvalue weighted by molar-refractivity contribution is -0.137. The number of nitrogens with two attached hydrogens (primary N) is 1. The molecule has 0 spiro atoms. The van der Waals surface area contributed by atoms with Crippen LogP contribution in [0.3, 0.4) is 0 Å². The first-order valence-electron chi connectivity index (χ1n) is 5.95. The molecule has 0 saturated heterocycles. The first kappa shape index (κ1) is 14.3. The Balaban J connectivity index is 2.33. The first-order valence-corrected chi connectivity index (χ1v) is 5.95. The number of anilines is 1. The molecule has 1 aromatic heterocycles. The maximum absolute atomic E-state index is 12.9. The molecular weight excluding hydrogens is 269 g/mol. The standard InChI is InChI=1S/C13H13F3N4/c14-13(15,16)11-4-2-1-3-10(11)12-19-7-9(8-20-12)18-6-5-17/h1-4,7-8,18H,5-6,17H2. The van der Waals surface area contributed by atoms with Gasteiger partial charge < -0.3 is 11.1 Å². The van der Waals surface area contributed by atoms with Gasteiger partial charge in [-0.15, -0.1) is 0 Å². The van der Waals surface area contributed by atoms with Crippen molar-refractivity contribution >= 4 is 5.69 Å². The van der Waals surface area contributed by atoms with E-state index < -0.39 is 11.7 Å². The van der Waals surface area contributed by atoms with Crippen molar-refractivity contribution in [3.8, 4) is 11.4 Å². The van der Waals surface area contributed by atoms with E-state index in [0.29, 0.717) is 18.8 Å². The fourth-order valence-corrected chi connectivity index (χ4v) is 1.70. The average Bonchev–Trinajstić information content (AvgIpc) is 2.45. The van der Waals surface area contributed by atoms with E-state index in [1.165, 1.54) is 30.6 Å². The van der Waals surface area contributed by atoms with Gasteiger partial charge in [-0.1, -0.05) is 18.2 Å². The second kappa shape index (κ2) is 5.87. The first-order chi connectivity index (χ1) is 9.52. The zero-order valence-electron chi connectivity index (χ0n) is 10.5. The third kappa shape index (κ3) is 3.24. The average molecular weight is 282 g/mol. The van der Waals surface area contributed by atoms with Crippen molar-refractivity contribution in [2.24, 2.45) is 5.73 Å². The molecule has 0 aliphatic carbocycles. The Bertz CT molecular complexity index is 567. The zero-order valence-corrected chi connectivity index (χ0v) is 10.5. The summed E-state index contributed by atoms with van der Waals surface area (Å²) < 4.78 is 38.7. The third-order valence-electron chi connectivity index (χ3n) is 2.60. The Kier molecular flexibility index (Phi) is 4.19. The number of rotatable bonds is 4. The molecule has 0 aliphatic rings. The van der Waals surface area contributed by atoms with E-state index in [0.717, 1.165) is 6.07 Å². The Morgan fingerprint density at radius 1 is 1.10 bits per heavy atom. The summed E-state index contributed by atoms with van der Waals surface area (Å²) in [5.41, 5.74) is 5.17. The quantitative estimate of drug-likeness (QED) is 0.904. The summed E-state index contributed by atoms with van der Waals surface area (Å²) in [6.45, 7) is 0.987. The third-order valence-corrected chi connectivity index (χ3v) is 2.60. The Hall–Kier alpha value is -2.15. The lowest BCUT2D eigenvalue weighted by Crippen LogP contribution is -2.13. The Morgan fingerprint density at radius 3 is 2.35 bits per heavy atom. The van der Waals surface area contributed by atoms with Crippen LogP contribution in [-0.2, 0) is 6.18 Å². The highest BCUT2D eigenvalue weighted by Gasteiger charge is 2.33. The van der Waals surface area contributed by atoms with Crippen molar-refractivity contribution in [3.63, 3.8) is 0 Å². The minimum atomic E-state index is -4.43. The minimum absolute atomic E-state index is 0.0367. The van der Waals surface area contributed by atoms with Crippen LogP contribution in [0, 0.1) is 0 Å². The number of alkyl halides is 3. The van der Waals surface area contributed by atoms with Gasteiger partial charge in [-0.25, -0.2) is 9.97 Å². The van der Waals surface area contributed by atoms with Gasteiger partial charge >= 0.3 is 6.18 Å². The molecule has 0 radical (unpaired) electrons. The summed E-state index contributed by atoms with van der Waals surface area (Å²) in [6, 6.07) is 5.22. The summed E-state index contributed by atoms with van der Waals surface area (Å²) in [5, 5.41) is 2.95. The van der Waals surface area contributed by atoms with E-state index in [1.54, 1.807) is 0 Å². The van der Waals surface area contributed by atoms with Gasteiger partial charge in [-0.2, -0.15) is 13.2 Å². The molecule has 0 aliphatic heterocycles. The highest BCUT2D eigenvalue weighted by atomic mass is 19.4. The van der Waals surface area contributed by atoms with Gasteiger partial charge in [-0.3, -0.25) is 0 Å². The van der Waals surface area contributed by atoms with Crippen LogP contribution in [0.25, 0.3) is 11.4 Å². The summed E-state index contributed by atoms with van der Waals surface area (Å²) in [7, 11) is 0. The molecule has 0 bridgehead atoms. The molecule has 0 fully saturated rings. The van der Waals surface area contributed by atoms with E-state index in [9.17, 15) is 13.2 Å². The van der Waals surface area contributed by atoms with Gasteiger partial charge in [0.05, 0.1) is 23.6 Å². The van der Waals surface area contributed by atoms with Crippen molar-refractivity contribution in [2.75, 3.05) is 18.4 Å². The molecule has 2 rings (SSSR count). The van der Waals surface area contributed by atoms with Crippen molar-refractivity contribution in [2.45, 2.75) is 6.18 Å². The van der Waals surface area contributed by atoms with Crippen LogP contribution in [0.5, 0.6) is 0 Å². The highest BCUT2D eigenvalue weighted by molar-refractivity contribution is 5.61. The van der Waals surface area contributed by atoms with Gasteiger partial charge in [0.25, 0.3) is 0 Å². The Labute approximate surface area is 113 Å². The number of benzene rings is 1. The van der Waals surface area contributed by atoms with E-state index in [4.69, 9.17) is 5.73 Å². The van der Waals surface area contributed by atoms with Gasteiger partial charge in [0.1, 0.15) is 0 Å². The summed E-state index contributed by atoms with van der Waals surface area (Å²) in [6.07, 6.45) is -1.56. The normalized spacial score (nSPS) is 11.4. The number of hydrogen-bond donors (Lipinski definition) is 2. The van der Waals surface area contributed by atoms with E-state index >= 15 is 0 Å². The fourth-order valence-electron chi connectivity index (χ4n) is 1.70. The van der Waals surface area contributed by atoms with E-state index in [1.807, 2.05) is 0 Å². The van der Waals surface area contributed by atoms with Crippen molar-refractivity contribution in [1.29, 1.82) is 0 Å². The number of nitrogens with zero attached hydrogens (tertiary/aromatic N) is 2. The molecule has 1 aromatic carbocycles. The molecule has 3 N–H and O–H groups in total. The van der Waals surface area contributed by atoms with Crippen LogP contribution in [-0.4, -0.2) is 23.1 Å². The molecule has 7 heteroatoms. The van der Waals surface area contributed by atoms with E-state index in [2.05, 4.69) is 15.3 Å². The van der Waals surface area contributed by atoms with E-state index in [-0.39, 0.29) is 11.4 Å². The number of nitrogens with one attached hydrogen (secondary N) is 1. The second-order valence-corrected chi connectivity index (χ2v) is 4.05. The minimum Gasteiger partial charge on any atom is -0.381 e. The Morgan fingerprint density at radius 2 is 1.75 bits per heavy atom.